The van der Waals surface area contributed by atoms with Crippen LogP contribution in [0.2, 0.25) is 0 Å². The first-order chi connectivity index (χ1) is 6.79. The van der Waals surface area contributed by atoms with E-state index in [4.69, 9.17) is 0 Å². The first kappa shape index (κ1) is 9.33. The van der Waals surface area contributed by atoms with E-state index in [1.54, 1.807) is 6.20 Å². The molecule has 2 rings (SSSR count). The van der Waals surface area contributed by atoms with Crippen LogP contribution in [0, 0.1) is 0 Å². The third-order valence-corrected chi connectivity index (χ3v) is 2.71. The van der Waals surface area contributed by atoms with Crippen LogP contribution >= 0.6 is 0 Å². The Hall–Kier alpha value is -1.23. The molecule has 0 spiro atoms. The zero-order valence-electron chi connectivity index (χ0n) is 8.26. The van der Waals surface area contributed by atoms with Gasteiger partial charge in [0.25, 0.3) is 0 Å². The van der Waals surface area contributed by atoms with E-state index in [0.717, 1.165) is 32.2 Å². The van der Waals surface area contributed by atoms with Crippen molar-refractivity contribution in [1.82, 2.24) is 19.9 Å². The van der Waals surface area contributed by atoms with Crippen molar-refractivity contribution in [3.63, 3.8) is 0 Å². The maximum atomic E-state index is 10.4. The van der Waals surface area contributed by atoms with Gasteiger partial charge in [-0.15, -0.1) is 5.10 Å². The third kappa shape index (κ3) is 1.82. The second kappa shape index (κ2) is 3.88. The molecule has 2 heterocycles. The molecule has 0 amide bonds. The zero-order chi connectivity index (χ0) is 9.97. The van der Waals surface area contributed by atoms with Crippen LogP contribution in [0.5, 0.6) is 0 Å². The number of aldehydes is 1. The van der Waals surface area contributed by atoms with Gasteiger partial charge >= 0.3 is 0 Å². The summed E-state index contributed by atoms with van der Waals surface area (Å²) >= 11 is 0. The van der Waals surface area contributed by atoms with Gasteiger partial charge in [0.2, 0.25) is 0 Å². The first-order valence-corrected chi connectivity index (χ1v) is 4.85. The molecule has 0 radical (unpaired) electrons. The van der Waals surface area contributed by atoms with Gasteiger partial charge in [-0.25, -0.2) is 4.68 Å². The highest BCUT2D eigenvalue weighted by Gasteiger charge is 2.19. The second-order valence-electron chi connectivity index (χ2n) is 3.78. The van der Waals surface area contributed by atoms with Crippen molar-refractivity contribution < 1.29 is 4.79 Å². The van der Waals surface area contributed by atoms with Crippen molar-refractivity contribution >= 4 is 6.29 Å². The molecule has 0 N–H and O–H groups in total. The van der Waals surface area contributed by atoms with E-state index < -0.39 is 0 Å². The Bertz CT molecular complexity index is 314. The lowest BCUT2D eigenvalue weighted by molar-refractivity contribution is 0.111. The Morgan fingerprint density at radius 3 is 2.79 bits per heavy atom. The summed E-state index contributed by atoms with van der Waals surface area (Å²) in [6.07, 6.45) is 4.62. The lowest BCUT2D eigenvalue weighted by atomic mass is 10.1. The smallest absolute Gasteiger partial charge is 0.171 e. The molecule has 1 aromatic heterocycles. The summed E-state index contributed by atoms with van der Waals surface area (Å²) in [5.74, 6) is 0. The Balaban J connectivity index is 2.04. The summed E-state index contributed by atoms with van der Waals surface area (Å²) < 4.78 is 1.82. The molecule has 0 atom stereocenters. The summed E-state index contributed by atoms with van der Waals surface area (Å²) in [7, 11) is 2.12. The highest BCUT2D eigenvalue weighted by molar-refractivity contribution is 5.70. The van der Waals surface area contributed by atoms with Crippen molar-refractivity contribution in [2.75, 3.05) is 20.1 Å². The van der Waals surface area contributed by atoms with Crippen molar-refractivity contribution in [2.24, 2.45) is 0 Å². The standard InChI is InChI=1S/C9H14N4O/c1-12-4-2-9(3-5-12)13-6-8(7-14)10-11-13/h6-7,9H,2-5H2,1H3. The molecular weight excluding hydrogens is 180 g/mol. The van der Waals surface area contributed by atoms with E-state index in [-0.39, 0.29) is 0 Å². The van der Waals surface area contributed by atoms with Gasteiger partial charge in [-0.05, 0) is 33.0 Å². The first-order valence-electron chi connectivity index (χ1n) is 4.85. The van der Waals surface area contributed by atoms with Crippen molar-refractivity contribution in [2.45, 2.75) is 18.9 Å². The SMILES string of the molecule is CN1CCC(n2cc(C=O)nn2)CC1. The number of rotatable bonds is 2. The zero-order valence-corrected chi connectivity index (χ0v) is 8.26. The van der Waals surface area contributed by atoms with Crippen LogP contribution in [0.25, 0.3) is 0 Å². The predicted octanol–water partition coefficient (Wildman–Crippen LogP) is 0.357. The highest BCUT2D eigenvalue weighted by Crippen LogP contribution is 2.20. The number of hydrogen-bond donors (Lipinski definition) is 0. The average molecular weight is 194 g/mol. The van der Waals surface area contributed by atoms with Crippen LogP contribution in [-0.4, -0.2) is 46.3 Å². The lowest BCUT2D eigenvalue weighted by Gasteiger charge is -2.28. The topological polar surface area (TPSA) is 51.0 Å². The molecule has 5 heteroatoms. The molecule has 1 aliphatic rings. The molecule has 14 heavy (non-hydrogen) atoms. The molecule has 0 aliphatic carbocycles. The lowest BCUT2D eigenvalue weighted by Crippen LogP contribution is -2.31. The molecule has 1 saturated heterocycles. The van der Waals surface area contributed by atoms with E-state index in [9.17, 15) is 4.79 Å². The number of hydrogen-bond acceptors (Lipinski definition) is 4. The predicted molar refractivity (Wildman–Crippen MR) is 51.2 cm³/mol. The fourth-order valence-electron chi connectivity index (χ4n) is 1.78. The number of piperidine rings is 1. The minimum atomic E-state index is 0.410. The number of likely N-dealkylation sites (tertiary alicyclic amines) is 1. The minimum Gasteiger partial charge on any atom is -0.306 e. The molecule has 0 aromatic carbocycles. The number of nitrogens with zero attached hydrogens (tertiary/aromatic N) is 4. The van der Waals surface area contributed by atoms with Crippen LogP contribution in [0.3, 0.4) is 0 Å². The molecule has 1 fully saturated rings. The highest BCUT2D eigenvalue weighted by atomic mass is 16.1. The van der Waals surface area contributed by atoms with Crippen LogP contribution in [0.15, 0.2) is 6.20 Å². The molecular formula is C9H14N4O. The summed E-state index contributed by atoms with van der Waals surface area (Å²) in [5.41, 5.74) is 0.420. The van der Waals surface area contributed by atoms with Crippen LogP contribution in [0.4, 0.5) is 0 Å². The monoisotopic (exact) mass is 194 g/mol. The van der Waals surface area contributed by atoms with Crippen LogP contribution < -0.4 is 0 Å². The Morgan fingerprint density at radius 1 is 1.50 bits per heavy atom. The maximum absolute atomic E-state index is 10.4. The second-order valence-corrected chi connectivity index (χ2v) is 3.78. The largest absolute Gasteiger partial charge is 0.306 e. The number of carbonyl (C=O) groups is 1. The van der Waals surface area contributed by atoms with Crippen molar-refractivity contribution in [3.8, 4) is 0 Å². The quantitative estimate of drug-likeness (QED) is 0.638. The van der Waals surface area contributed by atoms with Crippen molar-refractivity contribution in [3.05, 3.63) is 11.9 Å². The summed E-state index contributed by atoms with van der Waals surface area (Å²) in [5, 5.41) is 7.71. The maximum Gasteiger partial charge on any atom is 0.171 e. The molecule has 0 saturated carbocycles. The van der Waals surface area contributed by atoms with E-state index >= 15 is 0 Å². The molecule has 1 aliphatic heterocycles. The van der Waals surface area contributed by atoms with E-state index in [1.807, 2.05) is 4.68 Å². The van der Waals surface area contributed by atoms with E-state index in [1.165, 1.54) is 0 Å². The van der Waals surface area contributed by atoms with Crippen molar-refractivity contribution in [1.29, 1.82) is 0 Å². The van der Waals surface area contributed by atoms with E-state index in [2.05, 4.69) is 22.3 Å². The summed E-state index contributed by atoms with van der Waals surface area (Å²) in [6.45, 7) is 2.17. The Labute approximate surface area is 82.7 Å². The van der Waals surface area contributed by atoms with Gasteiger partial charge in [-0.1, -0.05) is 5.21 Å². The van der Waals surface area contributed by atoms with Gasteiger partial charge in [0, 0.05) is 0 Å². The van der Waals surface area contributed by atoms with Gasteiger partial charge < -0.3 is 4.90 Å². The molecule has 5 nitrogen and oxygen atoms in total. The van der Waals surface area contributed by atoms with Gasteiger partial charge in [-0.3, -0.25) is 4.79 Å². The average Bonchev–Trinajstić information content (AvgIpc) is 2.67. The fraction of sp³-hybridized carbons (Fsp3) is 0.667. The van der Waals surface area contributed by atoms with Gasteiger partial charge in [0.15, 0.2) is 6.29 Å². The summed E-state index contributed by atoms with van der Waals surface area (Å²) in [6, 6.07) is 0.410. The molecule has 76 valence electrons. The summed E-state index contributed by atoms with van der Waals surface area (Å²) in [4.78, 5) is 12.7. The third-order valence-electron chi connectivity index (χ3n) is 2.71. The van der Waals surface area contributed by atoms with Gasteiger partial charge in [0.05, 0.1) is 12.2 Å². The molecule has 0 bridgehead atoms. The molecule has 1 aromatic rings. The van der Waals surface area contributed by atoms with Gasteiger partial charge in [-0.2, -0.15) is 0 Å². The normalized spacial score (nSPS) is 19.8. The van der Waals surface area contributed by atoms with Gasteiger partial charge in [0.1, 0.15) is 5.69 Å². The number of carbonyl (C=O) groups excluding carboxylic acids is 1. The van der Waals surface area contributed by atoms with Crippen LogP contribution in [-0.2, 0) is 0 Å². The van der Waals surface area contributed by atoms with Crippen LogP contribution in [0.1, 0.15) is 29.4 Å². The Kier molecular flexibility index (Phi) is 2.58. The number of aromatic nitrogens is 3. The molecule has 0 unspecified atom stereocenters. The van der Waals surface area contributed by atoms with E-state index in [0.29, 0.717) is 11.7 Å². The Morgan fingerprint density at radius 2 is 2.21 bits per heavy atom. The minimum absolute atomic E-state index is 0.410. The fourth-order valence-corrected chi connectivity index (χ4v) is 1.78.